The highest BCUT2D eigenvalue weighted by atomic mass is 32.1. The van der Waals surface area contributed by atoms with Gasteiger partial charge in [0, 0.05) is 15.5 Å². The Kier molecular flexibility index (Phi) is 5.83. The van der Waals surface area contributed by atoms with Crippen LogP contribution in [0.25, 0.3) is 10.1 Å². The molecule has 6 heteroatoms. The summed E-state index contributed by atoms with van der Waals surface area (Å²) in [7, 11) is 0. The van der Waals surface area contributed by atoms with Crippen LogP contribution in [0.2, 0.25) is 0 Å². The van der Waals surface area contributed by atoms with Gasteiger partial charge in [0.15, 0.2) is 5.75 Å². The molecule has 1 amide bonds. The monoisotopic (exact) mass is 481 g/mol. The van der Waals surface area contributed by atoms with Gasteiger partial charge in [-0.05, 0) is 87.2 Å². The first-order chi connectivity index (χ1) is 16.5. The van der Waals surface area contributed by atoms with Gasteiger partial charge in [0.25, 0.3) is 5.91 Å². The maximum atomic E-state index is 13.7. The summed E-state index contributed by atoms with van der Waals surface area (Å²) >= 11 is 1.42. The number of aliphatic carboxylic acids is 1. The fourth-order valence-electron chi connectivity index (χ4n) is 8.07. The summed E-state index contributed by atoms with van der Waals surface area (Å²) in [6.45, 7) is 0.623. The first-order valence-corrected chi connectivity index (χ1v) is 14.0. The third-order valence-electron chi connectivity index (χ3n) is 9.16. The zero-order valence-electron chi connectivity index (χ0n) is 19.8. The molecule has 0 saturated heterocycles. The summed E-state index contributed by atoms with van der Waals surface area (Å²) in [6, 6.07) is 7.13. The van der Waals surface area contributed by atoms with E-state index in [1.807, 2.05) is 24.3 Å². The van der Waals surface area contributed by atoms with Crippen molar-refractivity contribution in [1.29, 1.82) is 0 Å². The SMILES string of the molecule is O=C(N[C@H](C(=O)O)C12C[C@H]3C[C@H](C1)C[C@@H](C2)C3)c1sc2ccccc2c1OCC1CCCCC1. The lowest BCUT2D eigenvalue weighted by atomic mass is 9.47. The second-order valence-electron chi connectivity index (χ2n) is 11.6. The number of ether oxygens (including phenoxy) is 1. The molecule has 5 aliphatic carbocycles. The minimum atomic E-state index is -0.888. The summed E-state index contributed by atoms with van der Waals surface area (Å²) in [4.78, 5) is 26.7. The van der Waals surface area contributed by atoms with E-state index in [0.717, 1.165) is 29.3 Å². The van der Waals surface area contributed by atoms with E-state index < -0.39 is 12.0 Å². The quantitative estimate of drug-likeness (QED) is 0.489. The lowest BCUT2D eigenvalue weighted by molar-refractivity contribution is -0.150. The van der Waals surface area contributed by atoms with Crippen molar-refractivity contribution in [2.75, 3.05) is 6.61 Å². The van der Waals surface area contributed by atoms with Crippen molar-refractivity contribution in [3.8, 4) is 5.75 Å². The van der Waals surface area contributed by atoms with Crippen molar-refractivity contribution >= 4 is 33.3 Å². The second kappa shape index (κ2) is 8.85. The Balaban J connectivity index is 1.27. The van der Waals surface area contributed by atoms with Gasteiger partial charge in [0.2, 0.25) is 0 Å². The van der Waals surface area contributed by atoms with Crippen molar-refractivity contribution in [3.05, 3.63) is 29.1 Å². The highest BCUT2D eigenvalue weighted by Crippen LogP contribution is 2.61. The van der Waals surface area contributed by atoms with Crippen LogP contribution < -0.4 is 10.1 Å². The number of carbonyl (C=O) groups is 2. The first kappa shape index (κ1) is 22.4. The molecule has 34 heavy (non-hydrogen) atoms. The molecule has 4 bridgehead atoms. The van der Waals surface area contributed by atoms with Crippen LogP contribution in [-0.2, 0) is 4.79 Å². The second-order valence-corrected chi connectivity index (χ2v) is 12.6. The molecular weight excluding hydrogens is 446 g/mol. The Bertz CT molecular complexity index is 1050. The Morgan fingerprint density at radius 1 is 1.03 bits per heavy atom. The minimum Gasteiger partial charge on any atom is -0.491 e. The fraction of sp³-hybridized carbons (Fsp3) is 0.643. The maximum absolute atomic E-state index is 13.7. The number of thiophene rings is 1. The topological polar surface area (TPSA) is 75.6 Å². The maximum Gasteiger partial charge on any atom is 0.326 e. The van der Waals surface area contributed by atoms with E-state index in [1.165, 1.54) is 62.7 Å². The van der Waals surface area contributed by atoms with Crippen LogP contribution in [0, 0.1) is 29.1 Å². The summed E-state index contributed by atoms with van der Waals surface area (Å²) in [5.74, 6) is 1.88. The summed E-state index contributed by atoms with van der Waals surface area (Å²) < 4.78 is 7.35. The molecule has 2 aromatic rings. The van der Waals surface area contributed by atoms with Crippen molar-refractivity contribution < 1.29 is 19.4 Å². The third-order valence-corrected chi connectivity index (χ3v) is 10.3. The number of rotatable bonds is 7. The third kappa shape index (κ3) is 4.02. The van der Waals surface area contributed by atoms with Gasteiger partial charge in [0.1, 0.15) is 10.9 Å². The number of carbonyl (C=O) groups excluding carboxylic acids is 1. The Hall–Kier alpha value is -2.08. The van der Waals surface area contributed by atoms with Crippen molar-refractivity contribution in [3.63, 3.8) is 0 Å². The number of hydrogen-bond donors (Lipinski definition) is 2. The van der Waals surface area contributed by atoms with Crippen LogP contribution in [0.15, 0.2) is 24.3 Å². The van der Waals surface area contributed by atoms with E-state index in [4.69, 9.17) is 4.74 Å². The van der Waals surface area contributed by atoms with Crippen LogP contribution >= 0.6 is 11.3 Å². The van der Waals surface area contributed by atoms with Gasteiger partial charge in [0.05, 0.1) is 6.61 Å². The molecule has 5 nitrogen and oxygen atoms in total. The van der Waals surface area contributed by atoms with Crippen LogP contribution in [-0.4, -0.2) is 29.6 Å². The zero-order valence-corrected chi connectivity index (χ0v) is 20.6. The summed E-state index contributed by atoms with van der Waals surface area (Å²) in [5, 5.41) is 14.2. The largest absolute Gasteiger partial charge is 0.491 e. The number of fused-ring (bicyclic) bond motifs is 1. The molecule has 0 spiro atoms. The van der Waals surface area contributed by atoms with Gasteiger partial charge in [-0.1, -0.05) is 31.4 Å². The molecule has 1 atom stereocenters. The minimum absolute atomic E-state index is 0.289. The van der Waals surface area contributed by atoms with E-state index in [-0.39, 0.29) is 11.3 Å². The predicted octanol–water partition coefficient (Wildman–Crippen LogP) is 6.26. The Morgan fingerprint density at radius 2 is 1.68 bits per heavy atom. The molecule has 1 aromatic heterocycles. The molecule has 1 heterocycles. The van der Waals surface area contributed by atoms with Gasteiger partial charge in [-0.25, -0.2) is 4.79 Å². The van der Waals surface area contributed by atoms with Gasteiger partial charge >= 0.3 is 5.97 Å². The molecule has 5 saturated carbocycles. The Labute approximate surface area is 205 Å². The van der Waals surface area contributed by atoms with Gasteiger partial charge in [-0.2, -0.15) is 0 Å². The van der Waals surface area contributed by atoms with Crippen molar-refractivity contribution in [1.82, 2.24) is 5.32 Å². The normalized spacial score (nSPS) is 31.5. The fourth-order valence-corrected chi connectivity index (χ4v) is 9.12. The van der Waals surface area contributed by atoms with Crippen LogP contribution in [0.3, 0.4) is 0 Å². The highest BCUT2D eigenvalue weighted by molar-refractivity contribution is 7.21. The first-order valence-electron chi connectivity index (χ1n) is 13.2. The molecule has 0 radical (unpaired) electrons. The molecule has 1 aromatic carbocycles. The summed E-state index contributed by atoms with van der Waals surface area (Å²) in [6.07, 6.45) is 12.7. The smallest absolute Gasteiger partial charge is 0.326 e. The lowest BCUT2D eigenvalue weighted by Gasteiger charge is -2.58. The van der Waals surface area contributed by atoms with E-state index in [2.05, 4.69) is 5.32 Å². The average Bonchev–Trinajstić information content (AvgIpc) is 3.19. The number of hydrogen-bond acceptors (Lipinski definition) is 4. The molecule has 7 rings (SSSR count). The summed E-state index contributed by atoms with van der Waals surface area (Å²) in [5.41, 5.74) is -0.296. The van der Waals surface area contributed by atoms with E-state index in [1.54, 1.807) is 0 Å². The number of carboxylic acids is 1. The van der Waals surface area contributed by atoms with Gasteiger partial charge in [-0.3, -0.25) is 4.79 Å². The number of carboxylic acid groups (broad SMARTS) is 1. The number of nitrogens with one attached hydrogen (secondary N) is 1. The number of benzene rings is 1. The average molecular weight is 482 g/mol. The van der Waals surface area contributed by atoms with E-state index >= 15 is 0 Å². The Morgan fingerprint density at radius 3 is 2.32 bits per heavy atom. The van der Waals surface area contributed by atoms with Crippen LogP contribution in [0.1, 0.15) is 80.3 Å². The van der Waals surface area contributed by atoms with Crippen molar-refractivity contribution in [2.45, 2.75) is 76.7 Å². The van der Waals surface area contributed by atoms with Crippen LogP contribution in [0.5, 0.6) is 5.75 Å². The van der Waals surface area contributed by atoms with Crippen LogP contribution in [0.4, 0.5) is 0 Å². The molecule has 5 aliphatic rings. The molecule has 182 valence electrons. The predicted molar refractivity (Wildman–Crippen MR) is 133 cm³/mol. The van der Waals surface area contributed by atoms with E-state index in [9.17, 15) is 14.7 Å². The molecule has 0 unspecified atom stereocenters. The molecule has 0 aliphatic heterocycles. The molecule has 5 fully saturated rings. The van der Waals surface area contributed by atoms with E-state index in [0.29, 0.717) is 40.9 Å². The standard InChI is InChI=1S/C28H35NO4S/c30-26(29-25(27(31)32)28-13-18-10-19(14-28)12-20(11-18)15-28)24-23(21-8-4-5-9-22(21)34-24)33-16-17-6-2-1-3-7-17/h4-5,8-9,17-20,25H,1-3,6-7,10-16H2,(H,29,30)(H,31,32)/t18-,19-,20-,25-,28?/m1/s1. The lowest BCUT2D eigenvalue weighted by Crippen LogP contribution is -2.59. The van der Waals surface area contributed by atoms with Gasteiger partial charge in [-0.15, -0.1) is 11.3 Å². The van der Waals surface area contributed by atoms with Crippen molar-refractivity contribution in [2.24, 2.45) is 29.1 Å². The highest BCUT2D eigenvalue weighted by Gasteiger charge is 2.56. The molecular formula is C28H35NO4S. The van der Waals surface area contributed by atoms with Gasteiger partial charge < -0.3 is 15.2 Å². The number of amides is 1. The zero-order chi connectivity index (χ0) is 23.3. The molecule has 2 N–H and O–H groups in total.